The minimum atomic E-state index is -0.634. The van der Waals surface area contributed by atoms with Crippen LogP contribution in [0.5, 0.6) is 5.75 Å². The van der Waals surface area contributed by atoms with Gasteiger partial charge in [0, 0.05) is 0 Å². The van der Waals surface area contributed by atoms with Crippen LogP contribution in [0.1, 0.15) is 27.0 Å². The van der Waals surface area contributed by atoms with Crippen LogP contribution in [-0.4, -0.2) is 18.2 Å². The lowest BCUT2D eigenvalue weighted by atomic mass is 9.98. The average molecular weight is 205 g/mol. The van der Waals surface area contributed by atoms with Crippen molar-refractivity contribution in [2.45, 2.75) is 13.8 Å². The third-order valence-electron chi connectivity index (χ3n) is 2.26. The lowest BCUT2D eigenvalue weighted by Crippen LogP contribution is -2.06. The summed E-state index contributed by atoms with van der Waals surface area (Å²) in [7, 11) is 1.23. The molecular weight excluding hydrogens is 194 g/mol. The maximum Gasteiger partial charge on any atom is 0.341 e. The molecule has 0 aliphatic rings. The van der Waals surface area contributed by atoms with Gasteiger partial charge in [0.1, 0.15) is 11.3 Å². The van der Waals surface area contributed by atoms with Crippen LogP contribution in [0.15, 0.2) is 6.07 Å². The zero-order chi connectivity index (χ0) is 11.6. The van der Waals surface area contributed by atoms with Crippen molar-refractivity contribution < 1.29 is 14.6 Å². The van der Waals surface area contributed by atoms with Crippen LogP contribution in [0, 0.1) is 25.2 Å². The van der Waals surface area contributed by atoms with Gasteiger partial charge in [-0.15, -0.1) is 0 Å². The number of ether oxygens (including phenoxy) is 1. The molecule has 1 aromatic carbocycles. The van der Waals surface area contributed by atoms with Crippen LogP contribution in [0.2, 0.25) is 0 Å². The number of rotatable bonds is 1. The summed E-state index contributed by atoms with van der Waals surface area (Å²) < 4.78 is 4.54. The Labute approximate surface area is 87.7 Å². The molecule has 1 N–H and O–H groups in total. The fourth-order valence-corrected chi connectivity index (χ4v) is 1.37. The Morgan fingerprint density at radius 1 is 1.53 bits per heavy atom. The lowest BCUT2D eigenvalue weighted by Gasteiger charge is -2.10. The lowest BCUT2D eigenvalue weighted by molar-refractivity contribution is 0.0596. The summed E-state index contributed by atoms with van der Waals surface area (Å²) in [5.74, 6) is -0.761. The van der Waals surface area contributed by atoms with E-state index in [0.717, 1.165) is 0 Å². The number of benzene rings is 1. The summed E-state index contributed by atoms with van der Waals surface area (Å²) in [6, 6.07) is 3.50. The molecule has 0 bridgehead atoms. The number of nitrogens with zero attached hydrogens (tertiary/aromatic N) is 1. The first-order chi connectivity index (χ1) is 7.02. The highest BCUT2D eigenvalue weighted by Gasteiger charge is 2.19. The van der Waals surface area contributed by atoms with Gasteiger partial charge < -0.3 is 9.84 Å². The van der Waals surface area contributed by atoms with E-state index in [9.17, 15) is 9.90 Å². The smallest absolute Gasteiger partial charge is 0.341 e. The molecule has 4 nitrogen and oxygen atoms in total. The molecule has 0 fully saturated rings. The SMILES string of the molecule is COC(=O)c1c(C)c(C#N)cc(C)c1O. The van der Waals surface area contributed by atoms with E-state index in [1.807, 2.05) is 6.07 Å². The monoisotopic (exact) mass is 205 g/mol. The van der Waals surface area contributed by atoms with E-state index >= 15 is 0 Å². The second-order valence-corrected chi connectivity index (χ2v) is 3.19. The number of methoxy groups -OCH3 is 1. The van der Waals surface area contributed by atoms with Crippen LogP contribution in [-0.2, 0) is 4.74 Å². The molecule has 0 aromatic heterocycles. The predicted octanol–water partition coefficient (Wildman–Crippen LogP) is 1.67. The first kappa shape index (κ1) is 11.1. The number of hydrogen-bond donors (Lipinski definition) is 1. The molecule has 0 unspecified atom stereocenters. The number of carbonyl (C=O) groups is 1. The molecule has 4 heteroatoms. The molecule has 0 aliphatic carbocycles. The van der Waals surface area contributed by atoms with E-state index < -0.39 is 5.97 Å². The van der Waals surface area contributed by atoms with Crippen molar-refractivity contribution in [2.24, 2.45) is 0 Å². The quantitative estimate of drug-likeness (QED) is 0.708. The molecule has 0 radical (unpaired) electrons. The minimum absolute atomic E-state index is 0.0639. The zero-order valence-corrected chi connectivity index (χ0v) is 8.79. The van der Waals surface area contributed by atoms with Gasteiger partial charge in [-0.3, -0.25) is 0 Å². The molecule has 0 atom stereocenters. The molecule has 0 aliphatic heterocycles. The third kappa shape index (κ3) is 1.77. The summed E-state index contributed by atoms with van der Waals surface area (Å²) in [5, 5.41) is 18.5. The normalized spacial score (nSPS) is 9.47. The second kappa shape index (κ2) is 4.01. The van der Waals surface area contributed by atoms with E-state index in [0.29, 0.717) is 16.7 Å². The number of phenols is 1. The van der Waals surface area contributed by atoms with Gasteiger partial charge in [-0.1, -0.05) is 0 Å². The second-order valence-electron chi connectivity index (χ2n) is 3.19. The molecule has 0 heterocycles. The number of esters is 1. The van der Waals surface area contributed by atoms with Gasteiger partial charge in [-0.05, 0) is 31.0 Å². The third-order valence-corrected chi connectivity index (χ3v) is 2.26. The Morgan fingerprint density at radius 2 is 2.13 bits per heavy atom. The highest BCUT2D eigenvalue weighted by molar-refractivity contribution is 5.95. The van der Waals surface area contributed by atoms with Crippen LogP contribution in [0.4, 0.5) is 0 Å². The van der Waals surface area contributed by atoms with E-state index in [-0.39, 0.29) is 11.3 Å². The summed E-state index contributed by atoms with van der Waals surface area (Å²) in [4.78, 5) is 11.4. The van der Waals surface area contributed by atoms with E-state index in [1.165, 1.54) is 13.2 Å². The highest BCUT2D eigenvalue weighted by Crippen LogP contribution is 2.28. The van der Waals surface area contributed by atoms with Crippen molar-refractivity contribution in [3.05, 3.63) is 28.3 Å². The Hall–Kier alpha value is -2.02. The van der Waals surface area contributed by atoms with Crippen molar-refractivity contribution in [3.63, 3.8) is 0 Å². The average Bonchev–Trinajstić information content (AvgIpc) is 2.23. The van der Waals surface area contributed by atoms with Crippen LogP contribution in [0.3, 0.4) is 0 Å². The molecule has 78 valence electrons. The summed E-state index contributed by atoms with van der Waals surface area (Å²) >= 11 is 0. The van der Waals surface area contributed by atoms with Gasteiger partial charge in [0.2, 0.25) is 0 Å². The summed E-state index contributed by atoms with van der Waals surface area (Å²) in [6.45, 7) is 3.23. The summed E-state index contributed by atoms with van der Waals surface area (Å²) in [6.07, 6.45) is 0. The Bertz CT molecular complexity index is 458. The van der Waals surface area contributed by atoms with Gasteiger partial charge in [0.25, 0.3) is 0 Å². The number of phenolic OH excluding ortho intramolecular Hbond substituents is 1. The fourth-order valence-electron chi connectivity index (χ4n) is 1.37. The van der Waals surface area contributed by atoms with Crippen molar-refractivity contribution >= 4 is 5.97 Å². The topological polar surface area (TPSA) is 70.3 Å². The molecule has 1 rings (SSSR count). The highest BCUT2D eigenvalue weighted by atomic mass is 16.5. The predicted molar refractivity (Wildman–Crippen MR) is 53.6 cm³/mol. The molecule has 15 heavy (non-hydrogen) atoms. The van der Waals surface area contributed by atoms with E-state index in [2.05, 4.69) is 4.74 Å². The number of nitriles is 1. The molecule has 0 saturated heterocycles. The maximum absolute atomic E-state index is 11.4. The zero-order valence-electron chi connectivity index (χ0n) is 8.79. The van der Waals surface area contributed by atoms with Crippen molar-refractivity contribution in [1.82, 2.24) is 0 Å². The number of carbonyl (C=O) groups excluding carboxylic acids is 1. The first-order valence-electron chi connectivity index (χ1n) is 4.34. The Morgan fingerprint density at radius 3 is 2.60 bits per heavy atom. The van der Waals surface area contributed by atoms with Gasteiger partial charge >= 0.3 is 5.97 Å². The Balaban J connectivity index is 3.56. The van der Waals surface area contributed by atoms with Crippen LogP contribution < -0.4 is 0 Å². The number of aromatic hydroxyl groups is 1. The van der Waals surface area contributed by atoms with Crippen molar-refractivity contribution in [3.8, 4) is 11.8 Å². The molecule has 0 spiro atoms. The maximum atomic E-state index is 11.4. The number of aryl methyl sites for hydroxylation is 1. The van der Waals surface area contributed by atoms with Crippen molar-refractivity contribution in [1.29, 1.82) is 5.26 Å². The largest absolute Gasteiger partial charge is 0.507 e. The van der Waals surface area contributed by atoms with Gasteiger partial charge in [-0.2, -0.15) is 5.26 Å². The fraction of sp³-hybridized carbons (Fsp3) is 0.273. The molecule has 0 saturated carbocycles. The van der Waals surface area contributed by atoms with Gasteiger partial charge in [-0.25, -0.2) is 4.79 Å². The van der Waals surface area contributed by atoms with E-state index in [1.54, 1.807) is 13.8 Å². The van der Waals surface area contributed by atoms with E-state index in [4.69, 9.17) is 5.26 Å². The Kier molecular flexibility index (Phi) is 2.96. The minimum Gasteiger partial charge on any atom is -0.507 e. The summed E-state index contributed by atoms with van der Waals surface area (Å²) in [5.41, 5.74) is 1.35. The van der Waals surface area contributed by atoms with Crippen molar-refractivity contribution in [2.75, 3.05) is 7.11 Å². The standard InChI is InChI=1S/C11H11NO3/c1-6-4-8(5-12)7(2)9(10(6)13)11(14)15-3/h4,13H,1-3H3. The van der Waals surface area contributed by atoms with Gasteiger partial charge in [0.05, 0.1) is 18.7 Å². The molecule has 0 amide bonds. The molecule has 1 aromatic rings. The van der Waals surface area contributed by atoms with Gasteiger partial charge in [0.15, 0.2) is 0 Å². The first-order valence-corrected chi connectivity index (χ1v) is 4.34. The number of hydrogen-bond acceptors (Lipinski definition) is 4. The van der Waals surface area contributed by atoms with Crippen LogP contribution in [0.25, 0.3) is 0 Å². The molecular formula is C11H11NO3. The van der Waals surface area contributed by atoms with Crippen LogP contribution >= 0.6 is 0 Å².